The number of nitrogens with zero attached hydrogens (tertiary/aromatic N) is 5. The maximum atomic E-state index is 12.5. The van der Waals surface area contributed by atoms with E-state index in [1.807, 2.05) is 11.1 Å². The number of rotatable bonds is 6. The Morgan fingerprint density at radius 2 is 2.10 bits per heavy atom. The minimum atomic E-state index is -1.19. The van der Waals surface area contributed by atoms with Crippen LogP contribution < -0.4 is 15.0 Å². The summed E-state index contributed by atoms with van der Waals surface area (Å²) in [4.78, 5) is 41.9. The molecule has 1 aliphatic heterocycles. The van der Waals surface area contributed by atoms with Gasteiger partial charge in [-0.25, -0.2) is 14.8 Å². The van der Waals surface area contributed by atoms with Crippen LogP contribution in [-0.2, 0) is 0 Å². The van der Waals surface area contributed by atoms with Crippen LogP contribution in [0.15, 0.2) is 59.4 Å². The third kappa shape index (κ3) is 3.56. The lowest BCUT2D eigenvalue weighted by Crippen LogP contribution is -2.31. The highest BCUT2D eigenvalue weighted by molar-refractivity contribution is 6.06. The van der Waals surface area contributed by atoms with Gasteiger partial charge in [-0.05, 0) is 24.1 Å². The van der Waals surface area contributed by atoms with Crippen molar-refractivity contribution in [2.24, 2.45) is 0 Å². The Morgan fingerprint density at radius 3 is 2.84 bits per heavy atom. The average Bonchev–Trinajstić information content (AvgIpc) is 3.50. The molecular weight excluding hydrogens is 404 g/mol. The first-order valence-corrected chi connectivity index (χ1v) is 9.45. The number of carboxylic acids is 1. The maximum absolute atomic E-state index is 12.5. The Bertz CT molecular complexity index is 1180. The molecule has 0 unspecified atom stereocenters. The third-order valence-corrected chi connectivity index (χ3v) is 5.10. The van der Waals surface area contributed by atoms with Crippen molar-refractivity contribution in [3.63, 3.8) is 0 Å². The second-order valence-corrected chi connectivity index (χ2v) is 7.04. The number of oxazole rings is 1. The molecule has 2 aliphatic rings. The molecule has 11 heteroatoms. The molecule has 5 rings (SSSR count). The van der Waals surface area contributed by atoms with E-state index in [1.165, 1.54) is 18.5 Å². The van der Waals surface area contributed by atoms with Crippen molar-refractivity contribution in [1.82, 2.24) is 19.9 Å². The standard InChI is InChI=1S/C20H16N6O5/c27-17(24-14-2-5-21-8-13(14)18(28)29)15-10-30-20(25-15)26-9-11-6-12(26)7-16(11)31-19-22-3-1-4-23-19/h1-5,8-10,12,16H,6-7H2,(H,28,29)(H,21,24,27)/t12-,16+/m1/s1. The lowest BCUT2D eigenvalue weighted by Gasteiger charge is -2.24. The zero-order valence-corrected chi connectivity index (χ0v) is 16.0. The number of hydrogen-bond acceptors (Lipinski definition) is 9. The molecule has 1 fully saturated rings. The molecule has 1 saturated carbocycles. The van der Waals surface area contributed by atoms with Crippen LogP contribution in [0.1, 0.15) is 33.7 Å². The van der Waals surface area contributed by atoms with E-state index in [-0.39, 0.29) is 35.1 Å². The summed E-state index contributed by atoms with van der Waals surface area (Å²) < 4.78 is 11.4. The van der Waals surface area contributed by atoms with Gasteiger partial charge in [0.25, 0.3) is 5.91 Å². The molecule has 0 radical (unpaired) electrons. The summed E-state index contributed by atoms with van der Waals surface area (Å²) in [5.74, 6) is -1.77. The van der Waals surface area contributed by atoms with Gasteiger partial charge < -0.3 is 19.6 Å². The molecule has 4 heterocycles. The Balaban J connectivity index is 1.28. The normalized spacial score (nSPS) is 19.2. The Morgan fingerprint density at radius 1 is 1.26 bits per heavy atom. The number of carbonyl (C=O) groups is 2. The molecule has 0 spiro atoms. The predicted octanol–water partition coefficient (Wildman–Crippen LogP) is 2.12. The van der Waals surface area contributed by atoms with Crippen LogP contribution in [-0.4, -0.2) is 49.1 Å². The molecule has 1 aliphatic carbocycles. The molecule has 31 heavy (non-hydrogen) atoms. The van der Waals surface area contributed by atoms with E-state index < -0.39 is 11.9 Å². The summed E-state index contributed by atoms with van der Waals surface area (Å²) in [5.41, 5.74) is 1.12. The topological polar surface area (TPSA) is 144 Å². The smallest absolute Gasteiger partial charge is 0.339 e. The second-order valence-electron chi connectivity index (χ2n) is 7.04. The lowest BCUT2D eigenvalue weighted by molar-refractivity contribution is 0.0697. The number of carboxylic acid groups (broad SMARTS) is 1. The first-order chi connectivity index (χ1) is 15.1. The molecule has 3 aromatic heterocycles. The largest absolute Gasteiger partial charge is 0.478 e. The highest BCUT2D eigenvalue weighted by Crippen LogP contribution is 2.40. The fourth-order valence-electron chi connectivity index (χ4n) is 3.67. The van der Waals surface area contributed by atoms with Gasteiger partial charge in [0, 0.05) is 43.4 Å². The SMILES string of the molecule is O=C(Nc1ccncc1C(=O)O)c1coc(N2C=C3C[C@@H]2C[C@@H]3Oc2ncccn2)n1. The molecule has 2 N–H and O–H groups in total. The van der Waals surface area contributed by atoms with Crippen molar-refractivity contribution >= 4 is 23.6 Å². The Labute approximate surface area is 175 Å². The number of hydrogen-bond donors (Lipinski definition) is 2. The summed E-state index contributed by atoms with van der Waals surface area (Å²) in [6, 6.07) is 3.84. The van der Waals surface area contributed by atoms with E-state index in [0.717, 1.165) is 18.2 Å². The van der Waals surface area contributed by atoms with E-state index in [9.17, 15) is 14.7 Å². The number of carbonyl (C=O) groups excluding carboxylic acids is 1. The van der Waals surface area contributed by atoms with Gasteiger partial charge in [-0.1, -0.05) is 0 Å². The highest BCUT2D eigenvalue weighted by atomic mass is 16.5. The van der Waals surface area contributed by atoms with Crippen molar-refractivity contribution in [1.29, 1.82) is 0 Å². The number of nitrogens with one attached hydrogen (secondary N) is 1. The number of aromatic nitrogens is 4. The zero-order chi connectivity index (χ0) is 21.4. The molecule has 1 amide bonds. The number of amides is 1. The van der Waals surface area contributed by atoms with Gasteiger partial charge in [0.2, 0.25) is 0 Å². The van der Waals surface area contributed by atoms with Crippen LogP contribution in [0.2, 0.25) is 0 Å². The minimum Gasteiger partial charge on any atom is -0.478 e. The Kier molecular flexibility index (Phi) is 4.54. The van der Waals surface area contributed by atoms with Crippen LogP contribution in [0, 0.1) is 0 Å². The number of aromatic carboxylic acids is 1. The van der Waals surface area contributed by atoms with Crippen LogP contribution in [0.3, 0.4) is 0 Å². The number of pyridine rings is 1. The highest BCUT2D eigenvalue weighted by Gasteiger charge is 2.42. The third-order valence-electron chi connectivity index (χ3n) is 5.10. The van der Waals surface area contributed by atoms with Gasteiger partial charge in [-0.15, -0.1) is 0 Å². The molecule has 2 bridgehead atoms. The molecule has 11 nitrogen and oxygen atoms in total. The van der Waals surface area contributed by atoms with Crippen molar-refractivity contribution in [2.45, 2.75) is 25.0 Å². The van der Waals surface area contributed by atoms with E-state index >= 15 is 0 Å². The minimum absolute atomic E-state index is 0.0369. The van der Waals surface area contributed by atoms with Crippen molar-refractivity contribution in [3.8, 4) is 6.01 Å². The van der Waals surface area contributed by atoms with E-state index in [2.05, 4.69) is 25.3 Å². The van der Waals surface area contributed by atoms with Crippen molar-refractivity contribution in [2.75, 3.05) is 10.2 Å². The molecule has 0 aromatic carbocycles. The van der Waals surface area contributed by atoms with Gasteiger partial charge in [0.05, 0.1) is 5.69 Å². The summed E-state index contributed by atoms with van der Waals surface area (Å²) in [6.45, 7) is 0. The summed E-state index contributed by atoms with van der Waals surface area (Å²) >= 11 is 0. The zero-order valence-electron chi connectivity index (χ0n) is 16.0. The fraction of sp³-hybridized carbons (Fsp3) is 0.200. The van der Waals surface area contributed by atoms with Gasteiger partial charge >= 0.3 is 18.0 Å². The van der Waals surface area contributed by atoms with Gasteiger partial charge in [0.15, 0.2) is 5.69 Å². The van der Waals surface area contributed by atoms with Gasteiger partial charge in [-0.2, -0.15) is 4.98 Å². The predicted molar refractivity (Wildman–Crippen MR) is 106 cm³/mol. The van der Waals surface area contributed by atoms with E-state index in [0.29, 0.717) is 12.4 Å². The second kappa shape index (κ2) is 7.52. The van der Waals surface area contributed by atoms with Crippen LogP contribution in [0.25, 0.3) is 0 Å². The average molecular weight is 420 g/mol. The lowest BCUT2D eigenvalue weighted by atomic mass is 10.2. The maximum Gasteiger partial charge on any atom is 0.339 e. The molecular formula is C20H16N6O5. The van der Waals surface area contributed by atoms with Crippen LogP contribution in [0.4, 0.5) is 11.7 Å². The van der Waals surface area contributed by atoms with E-state index in [4.69, 9.17) is 9.15 Å². The fourth-order valence-corrected chi connectivity index (χ4v) is 3.67. The molecule has 156 valence electrons. The number of ether oxygens (including phenoxy) is 1. The first-order valence-electron chi connectivity index (χ1n) is 9.45. The summed E-state index contributed by atoms with van der Waals surface area (Å²) in [6.07, 6.45) is 10.3. The van der Waals surface area contributed by atoms with Crippen molar-refractivity contribution in [3.05, 3.63) is 66.2 Å². The molecule has 2 atom stereocenters. The van der Waals surface area contributed by atoms with Crippen LogP contribution >= 0.6 is 0 Å². The van der Waals surface area contributed by atoms with Crippen LogP contribution in [0.5, 0.6) is 6.01 Å². The number of anilines is 2. The molecule has 0 saturated heterocycles. The number of fused-ring (bicyclic) bond motifs is 2. The quantitative estimate of drug-likeness (QED) is 0.608. The van der Waals surface area contributed by atoms with Crippen molar-refractivity contribution < 1.29 is 23.8 Å². The summed E-state index contributed by atoms with van der Waals surface area (Å²) in [7, 11) is 0. The van der Waals surface area contributed by atoms with E-state index in [1.54, 1.807) is 18.5 Å². The van der Waals surface area contributed by atoms with Gasteiger partial charge in [0.1, 0.15) is 17.9 Å². The Hall–Kier alpha value is -4.28. The molecule has 3 aromatic rings. The van der Waals surface area contributed by atoms with Gasteiger partial charge in [-0.3, -0.25) is 14.7 Å². The monoisotopic (exact) mass is 420 g/mol. The first kappa shape index (κ1) is 18.7. The summed E-state index contributed by atoms with van der Waals surface area (Å²) in [5, 5.41) is 11.7.